The van der Waals surface area contributed by atoms with Crippen LogP contribution in [0.2, 0.25) is 0 Å². The lowest BCUT2D eigenvalue weighted by Gasteiger charge is -2.33. The van der Waals surface area contributed by atoms with Crippen molar-refractivity contribution in [3.8, 4) is 0 Å². The first-order valence-electron chi connectivity index (χ1n) is 6.61. The topological polar surface area (TPSA) is 15.3 Å². The number of piperidine rings is 1. The highest BCUT2D eigenvalue weighted by molar-refractivity contribution is 5.14. The number of halogens is 3. The summed E-state index contributed by atoms with van der Waals surface area (Å²) in [6.07, 6.45) is -2.42. The number of likely N-dealkylation sites (tertiary alicyclic amines) is 1. The van der Waals surface area contributed by atoms with Crippen LogP contribution in [0.15, 0.2) is 30.3 Å². The van der Waals surface area contributed by atoms with Crippen molar-refractivity contribution in [1.82, 2.24) is 10.2 Å². The second-order valence-electron chi connectivity index (χ2n) is 5.11. The summed E-state index contributed by atoms with van der Waals surface area (Å²) < 4.78 is 36.4. The summed E-state index contributed by atoms with van der Waals surface area (Å²) in [6.45, 7) is 2.55. The Morgan fingerprint density at radius 1 is 1.21 bits per heavy atom. The van der Waals surface area contributed by atoms with Crippen LogP contribution in [0.3, 0.4) is 0 Å². The Morgan fingerprint density at radius 2 is 1.95 bits per heavy atom. The fourth-order valence-corrected chi connectivity index (χ4v) is 2.56. The summed E-state index contributed by atoms with van der Waals surface area (Å²) >= 11 is 0. The molecule has 1 aliphatic heterocycles. The number of benzene rings is 1. The van der Waals surface area contributed by atoms with Crippen LogP contribution in [0, 0.1) is 5.92 Å². The van der Waals surface area contributed by atoms with Crippen LogP contribution in [0.5, 0.6) is 0 Å². The highest BCUT2D eigenvalue weighted by Crippen LogP contribution is 2.19. The minimum atomic E-state index is -4.26. The largest absolute Gasteiger partial charge is 0.457 e. The van der Waals surface area contributed by atoms with E-state index in [2.05, 4.69) is 17.0 Å². The highest BCUT2D eigenvalue weighted by atomic mass is 19.4. The van der Waals surface area contributed by atoms with E-state index in [0.717, 1.165) is 32.5 Å². The molecule has 0 aromatic heterocycles. The summed E-state index contributed by atoms with van der Waals surface area (Å²) in [7, 11) is 0. The quantitative estimate of drug-likeness (QED) is 0.848. The molecule has 0 radical (unpaired) electrons. The van der Waals surface area contributed by atoms with E-state index in [1.807, 2.05) is 18.2 Å². The Hall–Kier alpha value is -1.07. The van der Waals surface area contributed by atoms with Crippen LogP contribution >= 0.6 is 0 Å². The maximum absolute atomic E-state index is 12.1. The van der Waals surface area contributed by atoms with Crippen molar-refractivity contribution in [3.05, 3.63) is 35.9 Å². The van der Waals surface area contributed by atoms with Gasteiger partial charge in [-0.05, 0) is 30.9 Å². The molecule has 106 valence electrons. The molecular formula is C14H19F3N2. The Balaban J connectivity index is 1.80. The van der Waals surface area contributed by atoms with Gasteiger partial charge >= 0.3 is 6.30 Å². The van der Waals surface area contributed by atoms with Gasteiger partial charge in [0.1, 0.15) is 0 Å². The van der Waals surface area contributed by atoms with Crippen LogP contribution in [0.25, 0.3) is 0 Å². The predicted octanol–water partition coefficient (Wildman–Crippen LogP) is 3.01. The molecule has 5 heteroatoms. The average Bonchev–Trinajstić information content (AvgIpc) is 2.37. The lowest BCUT2D eigenvalue weighted by atomic mass is 9.97. The van der Waals surface area contributed by atoms with Crippen molar-refractivity contribution >= 4 is 0 Å². The number of hydrogen-bond acceptors (Lipinski definition) is 2. The van der Waals surface area contributed by atoms with Crippen molar-refractivity contribution in [2.75, 3.05) is 19.6 Å². The number of nitrogens with zero attached hydrogens (tertiary/aromatic N) is 1. The van der Waals surface area contributed by atoms with E-state index in [9.17, 15) is 13.2 Å². The third kappa shape index (κ3) is 5.20. The minimum absolute atomic E-state index is 0.0226. The standard InChI is InChI=1S/C14H19F3N2/c15-14(16,17)18-9-13-7-4-8-19(11-13)10-12-5-2-1-3-6-12/h1-3,5-6,13,18H,4,7-11H2/t13-/m0/s1. The molecule has 2 rings (SSSR count). The SMILES string of the molecule is FC(F)(F)NC[C@@H]1CCCN(Cc2ccccc2)C1. The van der Waals surface area contributed by atoms with E-state index < -0.39 is 6.30 Å². The molecule has 0 bridgehead atoms. The summed E-state index contributed by atoms with van der Waals surface area (Å²) in [5.74, 6) is 0.0825. The molecule has 1 atom stereocenters. The maximum Gasteiger partial charge on any atom is 0.457 e. The molecule has 0 unspecified atom stereocenters. The molecule has 1 saturated heterocycles. The zero-order valence-electron chi connectivity index (χ0n) is 10.8. The Labute approximate surface area is 111 Å². The van der Waals surface area contributed by atoms with E-state index in [-0.39, 0.29) is 12.5 Å². The summed E-state index contributed by atoms with van der Waals surface area (Å²) in [5, 5.41) is 1.65. The summed E-state index contributed by atoms with van der Waals surface area (Å²) in [5.41, 5.74) is 1.21. The molecule has 1 aliphatic rings. The number of hydrogen-bond donors (Lipinski definition) is 1. The van der Waals surface area contributed by atoms with Crippen LogP contribution < -0.4 is 5.32 Å². The monoisotopic (exact) mass is 272 g/mol. The van der Waals surface area contributed by atoms with Crippen LogP contribution in [0.1, 0.15) is 18.4 Å². The zero-order valence-corrected chi connectivity index (χ0v) is 10.8. The van der Waals surface area contributed by atoms with Crippen LogP contribution in [0.4, 0.5) is 13.2 Å². The second kappa shape index (κ2) is 6.39. The van der Waals surface area contributed by atoms with E-state index in [1.165, 1.54) is 5.56 Å². The van der Waals surface area contributed by atoms with Gasteiger partial charge in [-0.1, -0.05) is 30.3 Å². The normalized spacial score (nSPS) is 21.5. The molecule has 2 nitrogen and oxygen atoms in total. The molecule has 1 fully saturated rings. The van der Waals surface area contributed by atoms with E-state index in [4.69, 9.17) is 0 Å². The van der Waals surface area contributed by atoms with E-state index >= 15 is 0 Å². The van der Waals surface area contributed by atoms with Gasteiger partial charge in [-0.25, -0.2) is 5.32 Å². The lowest BCUT2D eigenvalue weighted by Crippen LogP contribution is -2.42. The second-order valence-corrected chi connectivity index (χ2v) is 5.11. The van der Waals surface area contributed by atoms with E-state index in [1.54, 1.807) is 5.32 Å². The molecule has 0 saturated carbocycles. The van der Waals surface area contributed by atoms with Gasteiger partial charge in [-0.15, -0.1) is 0 Å². The summed E-state index contributed by atoms with van der Waals surface area (Å²) in [6, 6.07) is 10.1. The van der Waals surface area contributed by atoms with Crippen molar-refractivity contribution in [3.63, 3.8) is 0 Å². The van der Waals surface area contributed by atoms with Crippen molar-refractivity contribution in [2.45, 2.75) is 25.7 Å². The number of rotatable bonds is 4. The molecule has 1 aromatic rings. The van der Waals surface area contributed by atoms with Gasteiger partial charge < -0.3 is 0 Å². The Morgan fingerprint density at radius 3 is 2.63 bits per heavy atom. The fraction of sp³-hybridized carbons (Fsp3) is 0.571. The van der Waals surface area contributed by atoms with Gasteiger partial charge in [-0.3, -0.25) is 4.90 Å². The predicted molar refractivity (Wildman–Crippen MR) is 68.5 cm³/mol. The Bertz CT molecular complexity index is 378. The lowest BCUT2D eigenvalue weighted by molar-refractivity contribution is -0.159. The summed E-state index contributed by atoms with van der Waals surface area (Å²) in [4.78, 5) is 2.24. The highest BCUT2D eigenvalue weighted by Gasteiger charge is 2.29. The minimum Gasteiger partial charge on any atom is -0.299 e. The van der Waals surface area contributed by atoms with Gasteiger partial charge in [-0.2, -0.15) is 13.2 Å². The van der Waals surface area contributed by atoms with Gasteiger partial charge in [0.05, 0.1) is 0 Å². The maximum atomic E-state index is 12.1. The van der Waals surface area contributed by atoms with E-state index in [0.29, 0.717) is 0 Å². The van der Waals surface area contributed by atoms with Gasteiger partial charge in [0, 0.05) is 19.6 Å². The average molecular weight is 272 g/mol. The molecule has 0 spiro atoms. The molecular weight excluding hydrogens is 253 g/mol. The smallest absolute Gasteiger partial charge is 0.299 e. The molecule has 0 amide bonds. The first kappa shape index (κ1) is 14.3. The van der Waals surface area contributed by atoms with Gasteiger partial charge in [0.2, 0.25) is 0 Å². The Kier molecular flexibility index (Phi) is 4.82. The zero-order chi connectivity index (χ0) is 13.7. The number of alkyl halides is 3. The molecule has 1 N–H and O–H groups in total. The first-order chi connectivity index (χ1) is 9.03. The van der Waals surface area contributed by atoms with Crippen molar-refractivity contribution < 1.29 is 13.2 Å². The van der Waals surface area contributed by atoms with Crippen molar-refractivity contribution in [2.24, 2.45) is 5.92 Å². The fourth-order valence-electron chi connectivity index (χ4n) is 2.56. The third-order valence-electron chi connectivity index (χ3n) is 3.44. The van der Waals surface area contributed by atoms with Crippen LogP contribution in [-0.2, 0) is 6.54 Å². The first-order valence-corrected chi connectivity index (χ1v) is 6.61. The van der Waals surface area contributed by atoms with Gasteiger partial charge in [0.15, 0.2) is 0 Å². The van der Waals surface area contributed by atoms with Crippen LogP contribution in [-0.4, -0.2) is 30.8 Å². The molecule has 0 aliphatic carbocycles. The third-order valence-corrected chi connectivity index (χ3v) is 3.44. The van der Waals surface area contributed by atoms with Gasteiger partial charge in [0.25, 0.3) is 0 Å². The molecule has 19 heavy (non-hydrogen) atoms. The molecule has 1 heterocycles. The van der Waals surface area contributed by atoms with Crippen molar-refractivity contribution in [1.29, 1.82) is 0 Å². The number of nitrogens with one attached hydrogen (secondary N) is 1. The molecule has 1 aromatic carbocycles.